The van der Waals surface area contributed by atoms with Gasteiger partial charge in [-0.25, -0.2) is 0 Å². The Morgan fingerprint density at radius 3 is 2.56 bits per heavy atom. The van der Waals surface area contributed by atoms with Crippen LogP contribution in [0.15, 0.2) is 18.3 Å². The van der Waals surface area contributed by atoms with Crippen LogP contribution >= 0.6 is 0 Å². The summed E-state index contributed by atoms with van der Waals surface area (Å²) in [6, 6.07) is 2.89. The largest absolute Gasteiger partial charge is 0.346 e. The zero-order chi connectivity index (χ0) is 11.6. The number of hydrogen-bond donors (Lipinski definition) is 0. The SMILES string of the molecule is CCC(F)(F)c1ccc(C2OCCO2)cn1. The van der Waals surface area contributed by atoms with E-state index < -0.39 is 12.2 Å². The number of alkyl halides is 2. The molecular weight excluding hydrogens is 216 g/mol. The summed E-state index contributed by atoms with van der Waals surface area (Å²) in [6.45, 7) is 2.48. The lowest BCUT2D eigenvalue weighted by molar-refractivity contribution is -0.0449. The highest BCUT2D eigenvalue weighted by Gasteiger charge is 2.31. The Kier molecular flexibility index (Phi) is 3.16. The first-order valence-electron chi connectivity index (χ1n) is 5.21. The van der Waals surface area contributed by atoms with Crippen molar-refractivity contribution in [2.24, 2.45) is 0 Å². The zero-order valence-corrected chi connectivity index (χ0v) is 8.95. The maximum atomic E-state index is 13.3. The van der Waals surface area contributed by atoms with Crippen LogP contribution in [0.1, 0.15) is 30.9 Å². The normalized spacial score (nSPS) is 17.9. The van der Waals surface area contributed by atoms with Crippen LogP contribution < -0.4 is 0 Å². The molecule has 1 aliphatic heterocycles. The second-order valence-corrected chi connectivity index (χ2v) is 3.61. The van der Waals surface area contributed by atoms with Crippen molar-refractivity contribution in [2.45, 2.75) is 25.6 Å². The zero-order valence-electron chi connectivity index (χ0n) is 8.95. The van der Waals surface area contributed by atoms with Crippen molar-refractivity contribution in [3.63, 3.8) is 0 Å². The summed E-state index contributed by atoms with van der Waals surface area (Å²) in [5.74, 6) is -2.87. The predicted molar refractivity (Wildman–Crippen MR) is 53.1 cm³/mol. The number of halogens is 2. The van der Waals surface area contributed by atoms with Crippen LogP contribution in [0.25, 0.3) is 0 Å². The summed E-state index contributed by atoms with van der Waals surface area (Å²) in [4.78, 5) is 3.76. The van der Waals surface area contributed by atoms with E-state index in [9.17, 15) is 8.78 Å². The Hall–Kier alpha value is -1.07. The van der Waals surface area contributed by atoms with Gasteiger partial charge in [-0.3, -0.25) is 4.98 Å². The minimum Gasteiger partial charge on any atom is -0.346 e. The van der Waals surface area contributed by atoms with Gasteiger partial charge in [0, 0.05) is 18.2 Å². The third kappa shape index (κ3) is 2.20. The standard InChI is InChI=1S/C11H13F2NO2/c1-2-11(12,13)9-4-3-8(7-14-9)10-15-5-6-16-10/h3-4,7,10H,2,5-6H2,1H3. The highest BCUT2D eigenvalue weighted by molar-refractivity contribution is 5.18. The molecule has 2 rings (SSSR count). The lowest BCUT2D eigenvalue weighted by atomic mass is 10.1. The summed E-state index contributed by atoms with van der Waals surface area (Å²) >= 11 is 0. The molecule has 1 fully saturated rings. The van der Waals surface area contributed by atoms with E-state index in [0.717, 1.165) is 0 Å². The van der Waals surface area contributed by atoms with Crippen molar-refractivity contribution >= 4 is 0 Å². The minimum atomic E-state index is -2.87. The van der Waals surface area contributed by atoms with Crippen molar-refractivity contribution in [1.82, 2.24) is 4.98 Å². The molecule has 0 bridgehead atoms. The van der Waals surface area contributed by atoms with Crippen LogP contribution in [0.3, 0.4) is 0 Å². The summed E-state index contributed by atoms with van der Waals surface area (Å²) < 4.78 is 37.0. The molecule has 1 saturated heterocycles. The fourth-order valence-electron chi connectivity index (χ4n) is 1.49. The molecule has 16 heavy (non-hydrogen) atoms. The van der Waals surface area contributed by atoms with Crippen molar-refractivity contribution < 1.29 is 18.3 Å². The first-order chi connectivity index (χ1) is 7.63. The van der Waals surface area contributed by atoms with E-state index in [0.29, 0.717) is 18.8 Å². The lowest BCUT2D eigenvalue weighted by Gasteiger charge is -2.14. The van der Waals surface area contributed by atoms with Gasteiger partial charge in [0.25, 0.3) is 5.92 Å². The molecule has 0 spiro atoms. The third-order valence-corrected chi connectivity index (χ3v) is 2.50. The highest BCUT2D eigenvalue weighted by Crippen LogP contribution is 2.31. The van der Waals surface area contributed by atoms with E-state index >= 15 is 0 Å². The van der Waals surface area contributed by atoms with Crippen LogP contribution in [0.2, 0.25) is 0 Å². The van der Waals surface area contributed by atoms with E-state index in [4.69, 9.17) is 9.47 Å². The second-order valence-electron chi connectivity index (χ2n) is 3.61. The van der Waals surface area contributed by atoms with E-state index in [1.165, 1.54) is 19.2 Å². The van der Waals surface area contributed by atoms with Crippen LogP contribution in [-0.4, -0.2) is 18.2 Å². The van der Waals surface area contributed by atoms with Gasteiger partial charge < -0.3 is 9.47 Å². The van der Waals surface area contributed by atoms with Crippen molar-refractivity contribution in [3.8, 4) is 0 Å². The molecule has 1 aliphatic rings. The molecule has 2 heterocycles. The van der Waals surface area contributed by atoms with Crippen LogP contribution in [0.5, 0.6) is 0 Å². The number of rotatable bonds is 3. The molecule has 5 heteroatoms. The average Bonchev–Trinajstić information content (AvgIpc) is 2.83. The van der Waals surface area contributed by atoms with E-state index in [1.54, 1.807) is 6.07 Å². The van der Waals surface area contributed by atoms with Gasteiger partial charge in [-0.15, -0.1) is 0 Å². The molecule has 0 aromatic carbocycles. The van der Waals surface area contributed by atoms with E-state index in [-0.39, 0.29) is 12.1 Å². The smallest absolute Gasteiger partial charge is 0.289 e. The summed E-state index contributed by atoms with van der Waals surface area (Å²) in [7, 11) is 0. The molecule has 1 aromatic heterocycles. The van der Waals surface area contributed by atoms with Gasteiger partial charge in [0.2, 0.25) is 0 Å². The Bertz CT molecular complexity index is 348. The van der Waals surface area contributed by atoms with Gasteiger partial charge in [-0.05, 0) is 6.07 Å². The first-order valence-corrected chi connectivity index (χ1v) is 5.21. The maximum Gasteiger partial charge on any atom is 0.289 e. The maximum absolute atomic E-state index is 13.3. The molecule has 88 valence electrons. The van der Waals surface area contributed by atoms with Crippen molar-refractivity contribution in [3.05, 3.63) is 29.6 Å². The van der Waals surface area contributed by atoms with Gasteiger partial charge in [-0.1, -0.05) is 13.0 Å². The van der Waals surface area contributed by atoms with Gasteiger partial charge in [0.15, 0.2) is 6.29 Å². The molecule has 0 atom stereocenters. The topological polar surface area (TPSA) is 31.4 Å². The van der Waals surface area contributed by atoms with Crippen molar-refractivity contribution in [1.29, 1.82) is 0 Å². The number of hydrogen-bond acceptors (Lipinski definition) is 3. The van der Waals surface area contributed by atoms with Gasteiger partial charge in [-0.2, -0.15) is 8.78 Å². The minimum absolute atomic E-state index is 0.211. The molecule has 0 radical (unpaired) electrons. The Morgan fingerprint density at radius 2 is 2.06 bits per heavy atom. The summed E-state index contributed by atoms with van der Waals surface area (Å²) in [5, 5.41) is 0. The third-order valence-electron chi connectivity index (χ3n) is 2.50. The second kappa shape index (κ2) is 4.43. The summed E-state index contributed by atoms with van der Waals surface area (Å²) in [6.07, 6.45) is 0.668. The fraction of sp³-hybridized carbons (Fsp3) is 0.545. The van der Waals surface area contributed by atoms with Gasteiger partial charge in [0.05, 0.1) is 13.2 Å². The molecule has 0 saturated carbocycles. The molecular formula is C11H13F2NO2. The van der Waals surface area contributed by atoms with Crippen LogP contribution in [0, 0.1) is 0 Å². The lowest BCUT2D eigenvalue weighted by Crippen LogP contribution is -2.14. The summed E-state index contributed by atoms with van der Waals surface area (Å²) in [5.41, 5.74) is 0.463. The molecule has 0 amide bonds. The van der Waals surface area contributed by atoms with Gasteiger partial charge >= 0.3 is 0 Å². The number of pyridine rings is 1. The molecule has 3 nitrogen and oxygen atoms in total. The Morgan fingerprint density at radius 1 is 1.38 bits per heavy atom. The van der Waals surface area contributed by atoms with E-state index in [2.05, 4.69) is 4.98 Å². The molecule has 0 N–H and O–H groups in total. The number of aromatic nitrogens is 1. The number of ether oxygens (including phenoxy) is 2. The van der Waals surface area contributed by atoms with Crippen LogP contribution in [0.4, 0.5) is 8.78 Å². The number of nitrogens with zero attached hydrogens (tertiary/aromatic N) is 1. The molecule has 0 aliphatic carbocycles. The van der Waals surface area contributed by atoms with E-state index in [1.807, 2.05) is 0 Å². The fourth-order valence-corrected chi connectivity index (χ4v) is 1.49. The Balaban J connectivity index is 2.15. The Labute approximate surface area is 92.4 Å². The van der Waals surface area contributed by atoms with Crippen LogP contribution in [-0.2, 0) is 15.4 Å². The molecule has 1 aromatic rings. The monoisotopic (exact) mass is 229 g/mol. The van der Waals surface area contributed by atoms with Gasteiger partial charge in [0.1, 0.15) is 5.69 Å². The first kappa shape index (κ1) is 11.4. The molecule has 0 unspecified atom stereocenters. The predicted octanol–water partition coefficient (Wildman–Crippen LogP) is 2.63. The van der Waals surface area contributed by atoms with Crippen molar-refractivity contribution in [2.75, 3.05) is 13.2 Å². The highest BCUT2D eigenvalue weighted by atomic mass is 19.3. The average molecular weight is 229 g/mol. The quantitative estimate of drug-likeness (QED) is 0.798.